The predicted octanol–water partition coefficient (Wildman–Crippen LogP) is 3.56. The number of aromatic nitrogens is 1. The largest absolute Gasteiger partial charge is 0.329 e. The first-order chi connectivity index (χ1) is 10.1. The number of pyridine rings is 1. The van der Waals surface area contributed by atoms with Gasteiger partial charge in [-0.15, -0.1) is 0 Å². The SMILES string of the molecule is CN(CCc1ccccn1)C(CN)c1c(Cl)cccc1Cl. The number of rotatable bonds is 6. The third kappa shape index (κ3) is 4.17. The van der Waals surface area contributed by atoms with E-state index < -0.39 is 0 Å². The van der Waals surface area contributed by atoms with E-state index in [2.05, 4.69) is 9.88 Å². The molecule has 0 aliphatic carbocycles. The van der Waals surface area contributed by atoms with Crippen molar-refractivity contribution in [3.8, 4) is 0 Å². The summed E-state index contributed by atoms with van der Waals surface area (Å²) < 4.78 is 0. The molecule has 0 spiro atoms. The van der Waals surface area contributed by atoms with Crippen LogP contribution in [-0.2, 0) is 6.42 Å². The molecular formula is C16H19Cl2N3. The number of benzene rings is 1. The van der Waals surface area contributed by atoms with Gasteiger partial charge in [0.1, 0.15) is 0 Å². The molecule has 0 fully saturated rings. The van der Waals surface area contributed by atoms with E-state index in [9.17, 15) is 0 Å². The molecule has 2 rings (SSSR count). The van der Waals surface area contributed by atoms with Gasteiger partial charge in [0.2, 0.25) is 0 Å². The molecule has 0 radical (unpaired) electrons. The first-order valence-corrected chi connectivity index (χ1v) is 7.63. The lowest BCUT2D eigenvalue weighted by Gasteiger charge is -2.28. The first-order valence-electron chi connectivity index (χ1n) is 6.87. The summed E-state index contributed by atoms with van der Waals surface area (Å²) in [5.41, 5.74) is 7.89. The Morgan fingerprint density at radius 1 is 1.14 bits per heavy atom. The third-order valence-electron chi connectivity index (χ3n) is 3.54. The Morgan fingerprint density at radius 3 is 2.43 bits per heavy atom. The number of halogens is 2. The highest BCUT2D eigenvalue weighted by molar-refractivity contribution is 6.36. The smallest absolute Gasteiger partial charge is 0.0497 e. The number of hydrogen-bond donors (Lipinski definition) is 1. The zero-order valence-electron chi connectivity index (χ0n) is 12.0. The molecule has 0 aliphatic rings. The minimum atomic E-state index is -0.00471. The van der Waals surface area contributed by atoms with Gasteiger partial charge in [-0.1, -0.05) is 35.3 Å². The van der Waals surface area contributed by atoms with E-state index in [1.54, 1.807) is 6.20 Å². The van der Waals surface area contributed by atoms with E-state index in [0.29, 0.717) is 16.6 Å². The fourth-order valence-corrected chi connectivity index (χ4v) is 2.99. The molecule has 0 aliphatic heterocycles. The highest BCUT2D eigenvalue weighted by Gasteiger charge is 2.20. The van der Waals surface area contributed by atoms with Crippen LogP contribution in [-0.4, -0.2) is 30.0 Å². The molecule has 0 amide bonds. The molecule has 112 valence electrons. The summed E-state index contributed by atoms with van der Waals surface area (Å²) in [5, 5.41) is 1.31. The van der Waals surface area contributed by atoms with Crippen LogP contribution in [0.5, 0.6) is 0 Å². The van der Waals surface area contributed by atoms with Crippen molar-refractivity contribution in [2.45, 2.75) is 12.5 Å². The van der Waals surface area contributed by atoms with Crippen molar-refractivity contribution in [2.75, 3.05) is 20.1 Å². The van der Waals surface area contributed by atoms with Gasteiger partial charge in [-0.25, -0.2) is 0 Å². The van der Waals surface area contributed by atoms with Crippen LogP contribution in [0.4, 0.5) is 0 Å². The Kier molecular flexibility index (Phi) is 6.00. The Labute approximate surface area is 135 Å². The number of likely N-dealkylation sites (N-methyl/N-ethyl adjacent to an activating group) is 1. The molecule has 1 unspecified atom stereocenters. The normalized spacial score (nSPS) is 12.6. The summed E-state index contributed by atoms with van der Waals surface area (Å²) in [7, 11) is 2.03. The molecular weight excluding hydrogens is 305 g/mol. The van der Waals surface area contributed by atoms with Crippen molar-refractivity contribution in [2.24, 2.45) is 5.73 Å². The molecule has 2 N–H and O–H groups in total. The molecule has 1 aromatic carbocycles. The van der Waals surface area contributed by atoms with E-state index in [0.717, 1.165) is 24.2 Å². The standard InChI is InChI=1S/C16H19Cl2N3/c1-21(10-8-12-5-2-3-9-20-12)15(11-19)16-13(17)6-4-7-14(16)18/h2-7,9,15H,8,10-11,19H2,1H3. The number of nitrogens with two attached hydrogens (primary N) is 1. The first kappa shape index (κ1) is 16.2. The molecule has 1 heterocycles. The van der Waals surface area contributed by atoms with Crippen LogP contribution >= 0.6 is 23.2 Å². The summed E-state index contributed by atoms with van der Waals surface area (Å²) in [6.45, 7) is 1.29. The Hall–Kier alpha value is -1.13. The lowest BCUT2D eigenvalue weighted by atomic mass is 10.0. The molecule has 0 bridgehead atoms. The van der Waals surface area contributed by atoms with E-state index in [4.69, 9.17) is 28.9 Å². The Balaban J connectivity index is 2.10. The van der Waals surface area contributed by atoms with Gasteiger partial charge in [-0.2, -0.15) is 0 Å². The lowest BCUT2D eigenvalue weighted by molar-refractivity contribution is 0.252. The zero-order chi connectivity index (χ0) is 15.2. The maximum Gasteiger partial charge on any atom is 0.0497 e. The minimum Gasteiger partial charge on any atom is -0.329 e. The molecule has 21 heavy (non-hydrogen) atoms. The molecule has 1 atom stereocenters. The fourth-order valence-electron chi connectivity index (χ4n) is 2.34. The van der Waals surface area contributed by atoms with Crippen LogP contribution in [0.2, 0.25) is 10.0 Å². The minimum absolute atomic E-state index is 0.00471. The van der Waals surface area contributed by atoms with E-state index in [1.807, 2.05) is 43.4 Å². The van der Waals surface area contributed by atoms with Crippen molar-refractivity contribution in [1.82, 2.24) is 9.88 Å². The van der Waals surface area contributed by atoms with Crippen LogP contribution in [0, 0.1) is 0 Å². The summed E-state index contributed by atoms with van der Waals surface area (Å²) in [5.74, 6) is 0. The van der Waals surface area contributed by atoms with E-state index in [1.165, 1.54) is 0 Å². The quantitative estimate of drug-likeness (QED) is 0.883. The summed E-state index contributed by atoms with van der Waals surface area (Å²) in [6, 6.07) is 11.5. The average molecular weight is 324 g/mol. The van der Waals surface area contributed by atoms with Gasteiger partial charge >= 0.3 is 0 Å². The maximum absolute atomic E-state index is 6.29. The number of hydrogen-bond acceptors (Lipinski definition) is 3. The average Bonchev–Trinajstić information content (AvgIpc) is 2.50. The van der Waals surface area contributed by atoms with Crippen molar-refractivity contribution in [1.29, 1.82) is 0 Å². The Bertz CT molecular complexity index is 555. The second kappa shape index (κ2) is 7.76. The van der Waals surface area contributed by atoms with Crippen molar-refractivity contribution in [3.05, 3.63) is 63.9 Å². The lowest BCUT2D eigenvalue weighted by Crippen LogP contribution is -2.32. The summed E-state index contributed by atoms with van der Waals surface area (Å²) >= 11 is 12.6. The van der Waals surface area contributed by atoms with Gasteiger partial charge in [0.25, 0.3) is 0 Å². The van der Waals surface area contributed by atoms with Crippen LogP contribution in [0.15, 0.2) is 42.6 Å². The van der Waals surface area contributed by atoms with Crippen molar-refractivity contribution >= 4 is 23.2 Å². The summed E-state index contributed by atoms with van der Waals surface area (Å²) in [4.78, 5) is 6.50. The van der Waals surface area contributed by atoms with Crippen LogP contribution in [0.25, 0.3) is 0 Å². The van der Waals surface area contributed by atoms with Gasteiger partial charge < -0.3 is 5.73 Å². The third-order valence-corrected chi connectivity index (χ3v) is 4.19. The van der Waals surface area contributed by atoms with E-state index >= 15 is 0 Å². The topological polar surface area (TPSA) is 42.2 Å². The van der Waals surface area contributed by atoms with E-state index in [-0.39, 0.29) is 6.04 Å². The molecule has 5 heteroatoms. The summed E-state index contributed by atoms with van der Waals surface area (Å²) in [6.07, 6.45) is 2.66. The van der Waals surface area contributed by atoms with Crippen LogP contribution < -0.4 is 5.73 Å². The molecule has 1 aromatic heterocycles. The van der Waals surface area contributed by atoms with Crippen LogP contribution in [0.1, 0.15) is 17.3 Å². The Morgan fingerprint density at radius 2 is 1.86 bits per heavy atom. The maximum atomic E-state index is 6.29. The van der Waals surface area contributed by atoms with Gasteiger partial charge in [0, 0.05) is 53.1 Å². The van der Waals surface area contributed by atoms with Crippen LogP contribution in [0.3, 0.4) is 0 Å². The van der Waals surface area contributed by atoms with Crippen molar-refractivity contribution in [3.63, 3.8) is 0 Å². The van der Waals surface area contributed by atoms with Crippen molar-refractivity contribution < 1.29 is 0 Å². The molecule has 0 saturated heterocycles. The molecule has 0 saturated carbocycles. The fraction of sp³-hybridized carbons (Fsp3) is 0.312. The van der Waals surface area contributed by atoms with Gasteiger partial charge in [-0.3, -0.25) is 9.88 Å². The zero-order valence-corrected chi connectivity index (χ0v) is 13.5. The van der Waals surface area contributed by atoms with Gasteiger partial charge in [0.15, 0.2) is 0 Å². The molecule has 2 aromatic rings. The monoisotopic (exact) mass is 323 g/mol. The highest BCUT2D eigenvalue weighted by Crippen LogP contribution is 2.32. The second-order valence-corrected chi connectivity index (χ2v) is 5.75. The predicted molar refractivity (Wildman–Crippen MR) is 88.8 cm³/mol. The highest BCUT2D eigenvalue weighted by atomic mass is 35.5. The second-order valence-electron chi connectivity index (χ2n) is 4.94. The van der Waals surface area contributed by atoms with Gasteiger partial charge in [-0.05, 0) is 31.3 Å². The molecule has 3 nitrogen and oxygen atoms in total. The van der Waals surface area contributed by atoms with Gasteiger partial charge in [0.05, 0.1) is 0 Å². The number of nitrogens with zero attached hydrogens (tertiary/aromatic N) is 2.